The monoisotopic (exact) mass is 551 g/mol. The molecule has 39 heavy (non-hydrogen) atoms. The molecule has 0 fully saturated rings. The third-order valence-electron chi connectivity index (χ3n) is 11.0. The molecule has 0 amide bonds. The van der Waals surface area contributed by atoms with E-state index in [0.29, 0.717) is 17.6 Å². The van der Waals surface area contributed by atoms with Crippen LogP contribution in [0.2, 0.25) is 0 Å². The van der Waals surface area contributed by atoms with Gasteiger partial charge in [-0.15, -0.1) is 0 Å². The molecule has 0 spiro atoms. The minimum atomic E-state index is 0.310. The third-order valence-corrected chi connectivity index (χ3v) is 11.0. The number of nitrogens with one attached hydrogen (secondary N) is 1. The van der Waals surface area contributed by atoms with Crippen molar-refractivity contribution in [1.82, 2.24) is 10.2 Å². The topological polar surface area (TPSA) is 15.3 Å². The Balaban J connectivity index is 5.03. The molecule has 236 valence electrons. The predicted octanol–water partition coefficient (Wildman–Crippen LogP) is 11.4. The van der Waals surface area contributed by atoms with Crippen molar-refractivity contribution in [2.45, 2.75) is 191 Å². The molecule has 2 nitrogen and oxygen atoms in total. The average Bonchev–Trinajstić information content (AvgIpc) is 2.89. The molecule has 0 aliphatic heterocycles. The Labute approximate surface area is 249 Å². The summed E-state index contributed by atoms with van der Waals surface area (Å²) in [6.07, 6.45) is 18.9. The minimum Gasteiger partial charge on any atom is -0.309 e. The van der Waals surface area contributed by atoms with Crippen molar-refractivity contribution >= 4 is 0 Å². The second kappa shape index (κ2) is 21.6. The second-order valence-electron chi connectivity index (χ2n) is 14.8. The largest absolute Gasteiger partial charge is 0.309 e. The lowest BCUT2D eigenvalue weighted by Gasteiger charge is -2.34. The maximum absolute atomic E-state index is 3.98. The Morgan fingerprint density at radius 1 is 0.667 bits per heavy atom. The summed E-state index contributed by atoms with van der Waals surface area (Å²) in [5, 5.41) is 3.98. The van der Waals surface area contributed by atoms with Crippen molar-refractivity contribution in [2.24, 2.45) is 35.5 Å². The molecule has 8 atom stereocenters. The minimum absolute atomic E-state index is 0.310. The summed E-state index contributed by atoms with van der Waals surface area (Å²) in [5.74, 6) is 5.09. The summed E-state index contributed by atoms with van der Waals surface area (Å²) >= 11 is 0. The molecule has 8 unspecified atom stereocenters. The number of unbranched alkanes of at least 4 members (excludes halogenated alkanes) is 1. The van der Waals surface area contributed by atoms with E-state index in [0.717, 1.165) is 35.5 Å². The highest BCUT2D eigenvalue weighted by molar-refractivity contribution is 4.84. The second-order valence-corrected chi connectivity index (χ2v) is 14.8. The van der Waals surface area contributed by atoms with Crippen LogP contribution in [0.3, 0.4) is 0 Å². The summed E-state index contributed by atoms with van der Waals surface area (Å²) in [4.78, 5) is 2.66. The van der Waals surface area contributed by atoms with Gasteiger partial charge in [-0.05, 0) is 115 Å². The van der Waals surface area contributed by atoms with E-state index in [9.17, 15) is 0 Å². The van der Waals surface area contributed by atoms with Crippen molar-refractivity contribution in [3.05, 3.63) is 0 Å². The number of hydrogen-bond donors (Lipinski definition) is 1. The van der Waals surface area contributed by atoms with Crippen LogP contribution in [-0.4, -0.2) is 36.1 Å². The van der Waals surface area contributed by atoms with Crippen molar-refractivity contribution in [2.75, 3.05) is 13.6 Å². The fourth-order valence-electron chi connectivity index (χ4n) is 6.98. The Kier molecular flexibility index (Phi) is 21.6. The summed E-state index contributed by atoms with van der Waals surface area (Å²) < 4.78 is 0. The summed E-state index contributed by atoms with van der Waals surface area (Å²) in [6.45, 7) is 30.3. The van der Waals surface area contributed by atoms with Gasteiger partial charge < -0.3 is 10.2 Å². The molecule has 1 N–H and O–H groups in total. The Morgan fingerprint density at radius 2 is 1.28 bits per heavy atom. The molecule has 0 heterocycles. The van der Waals surface area contributed by atoms with Gasteiger partial charge in [0.25, 0.3) is 0 Å². The van der Waals surface area contributed by atoms with E-state index in [1.165, 1.54) is 96.4 Å². The van der Waals surface area contributed by atoms with Crippen LogP contribution in [0.25, 0.3) is 0 Å². The van der Waals surface area contributed by atoms with Crippen LogP contribution in [0.5, 0.6) is 0 Å². The first-order valence-electron chi connectivity index (χ1n) is 17.8. The van der Waals surface area contributed by atoms with Crippen LogP contribution >= 0.6 is 0 Å². The highest BCUT2D eigenvalue weighted by Gasteiger charge is 2.25. The van der Waals surface area contributed by atoms with Gasteiger partial charge in [-0.3, -0.25) is 0 Å². The molecular weight excluding hydrogens is 472 g/mol. The molecular formula is C37H78N2. The first-order valence-corrected chi connectivity index (χ1v) is 17.8. The zero-order valence-corrected chi connectivity index (χ0v) is 29.7. The smallest absolute Gasteiger partial charge is 0.0153 e. The lowest BCUT2D eigenvalue weighted by molar-refractivity contribution is 0.167. The van der Waals surface area contributed by atoms with E-state index in [-0.39, 0.29) is 0 Å². The lowest BCUT2D eigenvalue weighted by atomic mass is 9.78. The Hall–Kier alpha value is -0.0800. The van der Waals surface area contributed by atoms with Gasteiger partial charge in [0.1, 0.15) is 0 Å². The van der Waals surface area contributed by atoms with Gasteiger partial charge in [-0.1, -0.05) is 107 Å². The van der Waals surface area contributed by atoms with E-state index >= 15 is 0 Å². The fraction of sp³-hybridized carbons (Fsp3) is 1.00. The predicted molar refractivity (Wildman–Crippen MR) is 180 cm³/mol. The molecule has 0 aromatic heterocycles. The normalized spacial score (nSPS) is 19.5. The van der Waals surface area contributed by atoms with Crippen LogP contribution in [0.1, 0.15) is 173 Å². The summed E-state index contributed by atoms with van der Waals surface area (Å²) in [6, 6.07) is 1.30. The van der Waals surface area contributed by atoms with Crippen molar-refractivity contribution in [3.63, 3.8) is 0 Å². The van der Waals surface area contributed by atoms with E-state index in [1.54, 1.807) is 0 Å². The SMILES string of the molecule is CCCC(CCC(CCCCC(C)NC(C)(CC)CCC)C(C)CC(C)N(C)CCC(C)C(C)CC)C(C)C. The molecule has 0 rings (SSSR count). The quantitative estimate of drug-likeness (QED) is 0.114. The molecule has 0 aromatic carbocycles. The molecule has 0 radical (unpaired) electrons. The molecule has 0 saturated heterocycles. The molecule has 0 aliphatic rings. The Morgan fingerprint density at radius 3 is 1.82 bits per heavy atom. The Bertz CT molecular complexity index is 560. The molecule has 2 heteroatoms. The zero-order chi connectivity index (χ0) is 30.0. The molecule has 0 aliphatic carbocycles. The zero-order valence-electron chi connectivity index (χ0n) is 29.7. The van der Waals surface area contributed by atoms with E-state index < -0.39 is 0 Å². The van der Waals surface area contributed by atoms with Gasteiger partial charge in [-0.25, -0.2) is 0 Å². The summed E-state index contributed by atoms with van der Waals surface area (Å²) in [5.41, 5.74) is 0.310. The molecule has 0 bridgehead atoms. The van der Waals surface area contributed by atoms with Crippen molar-refractivity contribution in [3.8, 4) is 0 Å². The van der Waals surface area contributed by atoms with Gasteiger partial charge in [0.05, 0.1) is 0 Å². The van der Waals surface area contributed by atoms with E-state index in [1.807, 2.05) is 0 Å². The van der Waals surface area contributed by atoms with Gasteiger partial charge in [0.2, 0.25) is 0 Å². The number of rotatable bonds is 25. The first kappa shape index (κ1) is 38.9. The van der Waals surface area contributed by atoms with Crippen LogP contribution in [-0.2, 0) is 0 Å². The third kappa shape index (κ3) is 16.8. The van der Waals surface area contributed by atoms with E-state index in [2.05, 4.69) is 100 Å². The number of nitrogens with zero attached hydrogens (tertiary/aromatic N) is 1. The van der Waals surface area contributed by atoms with Gasteiger partial charge in [0, 0.05) is 17.6 Å². The highest BCUT2D eigenvalue weighted by atomic mass is 15.1. The summed E-state index contributed by atoms with van der Waals surface area (Å²) in [7, 11) is 2.38. The maximum Gasteiger partial charge on any atom is 0.0153 e. The van der Waals surface area contributed by atoms with E-state index in [4.69, 9.17) is 0 Å². The van der Waals surface area contributed by atoms with Gasteiger partial charge >= 0.3 is 0 Å². The van der Waals surface area contributed by atoms with Crippen LogP contribution in [0.4, 0.5) is 0 Å². The van der Waals surface area contributed by atoms with Gasteiger partial charge in [-0.2, -0.15) is 0 Å². The maximum atomic E-state index is 3.98. The fourth-order valence-corrected chi connectivity index (χ4v) is 6.98. The standard InChI is InChI=1S/C37H78N2/c1-14-20-35(29(5)6)23-24-36(22-19-18-21-33(10)38-37(12,17-4)26-15-2)32(9)28-34(11)39(13)27-25-31(8)30(7)16-3/h29-36,38H,14-28H2,1-13H3. The van der Waals surface area contributed by atoms with Crippen molar-refractivity contribution in [1.29, 1.82) is 0 Å². The first-order chi connectivity index (χ1) is 18.3. The van der Waals surface area contributed by atoms with Crippen LogP contribution < -0.4 is 5.32 Å². The molecule has 0 saturated carbocycles. The molecule has 0 aromatic rings. The average molecular weight is 551 g/mol. The van der Waals surface area contributed by atoms with Crippen LogP contribution in [0, 0.1) is 35.5 Å². The van der Waals surface area contributed by atoms with Crippen molar-refractivity contribution < 1.29 is 0 Å². The van der Waals surface area contributed by atoms with Crippen LogP contribution in [0.15, 0.2) is 0 Å². The van der Waals surface area contributed by atoms with Gasteiger partial charge in [0.15, 0.2) is 0 Å². The lowest BCUT2D eigenvalue weighted by Crippen LogP contribution is -2.46. The highest BCUT2D eigenvalue weighted by Crippen LogP contribution is 2.33. The number of hydrogen-bond acceptors (Lipinski definition) is 2.